The number of nitro benzene ring substituents is 2. The summed E-state index contributed by atoms with van der Waals surface area (Å²) in [6.45, 7) is 27.7. The molecule has 127 heavy (non-hydrogen) atoms. The molecule has 5 heterocycles. The smallest absolute Gasteiger partial charge is 0.360 e. The quantitative estimate of drug-likeness (QED) is 0.0106. The largest absolute Gasteiger partial charge is 0.461 e. The lowest BCUT2D eigenvalue weighted by Crippen LogP contribution is -2.17. The van der Waals surface area contributed by atoms with Gasteiger partial charge in [-0.15, -0.1) is 0 Å². The van der Waals surface area contributed by atoms with E-state index in [4.69, 9.17) is 41.9 Å². The Morgan fingerprint density at radius 3 is 0.669 bits per heavy atom. The molecule has 15 rings (SSSR count). The first-order chi connectivity index (χ1) is 61.7. The minimum atomic E-state index is -0.651. The number of ether oxygens (including phenoxy) is 4. The fourth-order valence-corrected chi connectivity index (χ4v) is 11.0. The van der Waals surface area contributed by atoms with Crippen LogP contribution < -0.4 is 49.5 Å². The molecule has 658 valence electrons. The fraction of sp³-hybridized carbons (Fsp3) is 0.194. The summed E-state index contributed by atoms with van der Waals surface area (Å²) in [7, 11) is 0. The number of hydrogen-bond acceptors (Lipinski definition) is 31. The van der Waals surface area contributed by atoms with Gasteiger partial charge in [-0.25, -0.2) is 69.0 Å². The predicted octanol–water partition coefficient (Wildman–Crippen LogP) is 20.4. The first-order valence-electron chi connectivity index (χ1n) is 40.9. The molecule has 0 fully saturated rings. The second-order valence-corrected chi connectivity index (χ2v) is 24.3. The average Bonchev–Trinajstić information content (AvgIpc) is 0.788. The van der Waals surface area contributed by atoms with E-state index in [0.29, 0.717) is 79.0 Å². The summed E-state index contributed by atoms with van der Waals surface area (Å²) in [6.07, 6.45) is 0. The number of primary amides is 1. The van der Waals surface area contributed by atoms with E-state index in [1.807, 2.05) is 197 Å². The molecule has 10 aromatic carbocycles. The van der Waals surface area contributed by atoms with Crippen molar-refractivity contribution in [1.29, 1.82) is 0 Å². The van der Waals surface area contributed by atoms with Gasteiger partial charge in [0.2, 0.25) is 0 Å². The third kappa shape index (κ3) is 27.7. The van der Waals surface area contributed by atoms with E-state index in [-0.39, 0.29) is 100.0 Å². The van der Waals surface area contributed by atoms with E-state index in [1.54, 1.807) is 119 Å². The highest BCUT2D eigenvalue weighted by Crippen LogP contribution is 2.33. The molecule has 1 amide bonds. The van der Waals surface area contributed by atoms with Gasteiger partial charge in [0.1, 0.15) is 16.6 Å². The minimum absolute atomic E-state index is 0.0290. The molecule has 0 aliphatic carbocycles. The molecule has 0 spiro atoms. The number of esters is 4. The van der Waals surface area contributed by atoms with Crippen molar-refractivity contribution in [2.45, 2.75) is 96.9 Å². The molecule has 0 unspecified atom stereocenters. The number of fused-ring (bicyclic) bond motifs is 5. The minimum Gasteiger partial charge on any atom is -0.461 e. The van der Waals surface area contributed by atoms with Crippen molar-refractivity contribution in [3.63, 3.8) is 0 Å². The number of benzene rings is 10. The van der Waals surface area contributed by atoms with Gasteiger partial charge in [0.15, 0.2) is 68.6 Å². The number of nitrogens with zero attached hydrogens (tertiary/aromatic N) is 12. The summed E-state index contributed by atoms with van der Waals surface area (Å²) < 4.78 is 20.2. The van der Waals surface area contributed by atoms with Gasteiger partial charge in [0.25, 0.3) is 17.3 Å². The summed E-state index contributed by atoms with van der Waals surface area (Å²) in [6, 6.07) is 70.7. The summed E-state index contributed by atoms with van der Waals surface area (Å²) in [5, 5.41) is 37.7. The van der Waals surface area contributed by atoms with Crippen molar-refractivity contribution in [1.82, 2.24) is 49.8 Å². The number of aromatic nitrogens is 10. The van der Waals surface area contributed by atoms with Gasteiger partial charge in [-0.2, -0.15) is 0 Å². The zero-order chi connectivity index (χ0) is 92.9. The molecule has 34 nitrogen and oxygen atoms in total. The van der Waals surface area contributed by atoms with E-state index >= 15 is 0 Å². The van der Waals surface area contributed by atoms with E-state index in [9.17, 15) is 44.2 Å². The lowest BCUT2D eigenvalue weighted by molar-refractivity contribution is -0.383. The second kappa shape index (κ2) is 51.9. The van der Waals surface area contributed by atoms with Crippen molar-refractivity contribution in [2.75, 3.05) is 70.2 Å². The van der Waals surface area contributed by atoms with E-state index < -0.39 is 39.6 Å². The highest BCUT2D eigenvalue weighted by atomic mass is 16.6. The van der Waals surface area contributed by atoms with E-state index in [2.05, 4.69) is 76.4 Å². The normalized spacial score (nSPS) is 9.87. The Balaban J connectivity index is 0.000000239. The Morgan fingerprint density at radius 1 is 0.276 bits per heavy atom. The third-order valence-electron chi connectivity index (χ3n) is 16.2. The second-order valence-electron chi connectivity index (χ2n) is 24.3. The van der Waals surface area contributed by atoms with Gasteiger partial charge in [0.05, 0.1) is 80.9 Å². The fourth-order valence-electron chi connectivity index (χ4n) is 11.0. The maximum Gasteiger partial charge on any atom is 0.360 e. The molecule has 34 heteroatoms. The summed E-state index contributed by atoms with van der Waals surface area (Å²) in [5.41, 5.74) is 32.2. The van der Waals surface area contributed by atoms with Crippen LogP contribution in [0, 0.1) is 20.2 Å². The van der Waals surface area contributed by atoms with Crippen LogP contribution in [0.2, 0.25) is 0 Å². The number of non-ortho nitro benzene ring substituents is 2. The average molecular weight is 1720 g/mol. The summed E-state index contributed by atoms with van der Waals surface area (Å²) in [4.78, 5) is 125. The van der Waals surface area contributed by atoms with Gasteiger partial charge < -0.3 is 68.5 Å². The van der Waals surface area contributed by atoms with Crippen LogP contribution in [0.15, 0.2) is 243 Å². The monoisotopic (exact) mass is 1720 g/mol. The highest BCUT2D eigenvalue weighted by molar-refractivity contribution is 6.03. The van der Waals surface area contributed by atoms with Gasteiger partial charge >= 0.3 is 23.9 Å². The lowest BCUT2D eigenvalue weighted by Gasteiger charge is -2.12. The van der Waals surface area contributed by atoms with Gasteiger partial charge in [-0.1, -0.05) is 191 Å². The van der Waals surface area contributed by atoms with Crippen molar-refractivity contribution in [3.8, 4) is 0 Å². The Hall–Kier alpha value is -16.6. The number of hydrogen-bond donors (Lipinski definition) is 9. The van der Waals surface area contributed by atoms with Crippen molar-refractivity contribution >= 4 is 171 Å². The van der Waals surface area contributed by atoms with Crippen LogP contribution >= 0.6 is 0 Å². The van der Waals surface area contributed by atoms with Crippen LogP contribution in [0.4, 0.5) is 86.0 Å². The number of nitrogens with two attached hydrogens (primary N) is 4. The van der Waals surface area contributed by atoms with Crippen LogP contribution in [0.5, 0.6) is 0 Å². The molecular formula is C93H103N21O13. The molecule has 0 bridgehead atoms. The molecule has 0 saturated carbocycles. The first kappa shape index (κ1) is 99.3. The molecule has 0 saturated heterocycles. The number of amides is 1. The zero-order valence-electron chi connectivity index (χ0n) is 72.9. The summed E-state index contributed by atoms with van der Waals surface area (Å²) in [5.74, 6) is -1.86. The number of rotatable bonds is 21. The molecule has 5 aromatic heterocycles. The van der Waals surface area contributed by atoms with Gasteiger partial charge in [-0.3, -0.25) is 25.0 Å². The number of para-hydroxylation sites is 10. The maximum atomic E-state index is 12.2. The van der Waals surface area contributed by atoms with Crippen LogP contribution in [0.3, 0.4) is 0 Å². The molecular weight excluding hydrogens is 1620 g/mol. The Labute approximate surface area is 734 Å². The Kier molecular flexibility index (Phi) is 40.6. The van der Waals surface area contributed by atoms with Gasteiger partial charge in [-0.05, 0) is 137 Å². The zero-order valence-corrected chi connectivity index (χ0v) is 72.9. The van der Waals surface area contributed by atoms with Gasteiger partial charge in [0, 0.05) is 40.6 Å². The predicted molar refractivity (Wildman–Crippen MR) is 502 cm³/mol. The van der Waals surface area contributed by atoms with E-state index in [0.717, 1.165) is 17.1 Å². The molecule has 0 atom stereocenters. The summed E-state index contributed by atoms with van der Waals surface area (Å²) >= 11 is 0. The SMILES string of the molecule is CC.CC.CC.CC.CC.CCOC(=O)c1nc2cccc(N)c2nc1Nc1ccccc1.CCOC(=O)c1nc2cccc(N)c2nc1Nc1ccccc1.CCOC(=O)c1nc2cccc([N+](=O)[O-])c2nc1Nc1ccccc1.CCOC(=O)c1nc2cccc([N+](=O)[O-])c2nc1Nc1ccccc1.NC(=O)c1nc2cccc(N)c2nc1Nc1ccccc1. The number of carbonyl (C=O) groups is 5. The Morgan fingerprint density at radius 2 is 0.465 bits per heavy atom. The number of nitrogen functional groups attached to an aromatic ring is 3. The van der Waals surface area contributed by atoms with Crippen molar-refractivity contribution in [3.05, 3.63) is 291 Å². The highest BCUT2D eigenvalue weighted by Gasteiger charge is 2.26. The molecule has 0 aliphatic rings. The number of carbonyl (C=O) groups excluding carboxylic acids is 5. The number of nitro groups is 2. The van der Waals surface area contributed by atoms with Crippen LogP contribution in [-0.2, 0) is 18.9 Å². The molecule has 13 N–H and O–H groups in total. The lowest BCUT2D eigenvalue weighted by atomic mass is 10.2. The molecule has 15 aromatic rings. The van der Waals surface area contributed by atoms with Crippen molar-refractivity contribution < 1.29 is 52.8 Å². The first-order valence-corrected chi connectivity index (χ1v) is 40.9. The third-order valence-corrected chi connectivity index (χ3v) is 16.2. The topological polar surface area (TPSA) is 502 Å². The van der Waals surface area contributed by atoms with Crippen molar-refractivity contribution in [2.24, 2.45) is 5.73 Å². The van der Waals surface area contributed by atoms with Crippen LogP contribution in [0.1, 0.15) is 149 Å². The maximum absolute atomic E-state index is 12.2. The standard InChI is InChI=1S/2C17H14N4O4.2C17H16N4O2.C15H13N5O.5C2H6/c2*1-2-25-17(22)15-16(18-11-7-4-3-5-8-11)20-14-12(19-15)9-6-10-13(14)21(23)24;2*1-2-23-17(22)15-16(19-11-7-4-3-5-8-11)21-14-12(18)9-6-10-13(14)20-15;16-10-7-4-8-11-12(10)20-15(13(19-11)14(17)21)18-9-5-2-1-3-6-9;5*1-2/h2*3-10H,2H2,1H3,(H,18,20);2*3-10H,2,18H2,1H3,(H,19,21);1-8H,16H2,(H2,17,21)(H,18,20);5*1-2H3. The Bertz CT molecular complexity index is 5840. The van der Waals surface area contributed by atoms with Crippen LogP contribution in [0.25, 0.3) is 55.2 Å². The molecule has 0 radical (unpaired) electrons. The molecule has 0 aliphatic heterocycles. The van der Waals surface area contributed by atoms with E-state index in [1.165, 1.54) is 24.3 Å². The number of anilines is 13. The van der Waals surface area contributed by atoms with Crippen LogP contribution in [-0.4, -0.2) is 116 Å². The number of nitrogens with one attached hydrogen (secondary N) is 5.